The van der Waals surface area contributed by atoms with Gasteiger partial charge in [0.1, 0.15) is 0 Å². The van der Waals surface area contributed by atoms with Gasteiger partial charge in [0.2, 0.25) is 0 Å². The van der Waals surface area contributed by atoms with Crippen LogP contribution in [0, 0.1) is 4010 Å². The van der Waals surface area contributed by atoms with Gasteiger partial charge in [-0.05, 0) is 0 Å². The molecule has 0 aromatic carbocycles. The third kappa shape index (κ3) is 981. The summed E-state index contributed by atoms with van der Waals surface area (Å²) < 4.78 is 0. The monoisotopic (exact) mass is 30700 g/mol. The Balaban J connectivity index is 0. The summed E-state index contributed by atoms with van der Waals surface area (Å²) in [5.41, 5.74) is 0. The van der Waals surface area contributed by atoms with Gasteiger partial charge in [-0.25, -0.2) is 0 Å². The van der Waals surface area contributed by atoms with Crippen molar-refractivity contribution in [3.8, 4) is 0 Å². The zero-order valence-corrected chi connectivity index (χ0v) is 602. The maximum Gasteiger partial charge on any atom is 0 e. The molecular weight excluding hydrogens is 30700 g/mol. The van der Waals surface area contributed by atoms with Crippen molar-refractivity contribution in [3.63, 3.8) is 0 Å². The molecule has 0 nitrogen and oxygen atoms in total. The fraction of sp³-hybridized carbons (Fsp3) is 0. The van der Waals surface area contributed by atoms with Crippen LogP contribution in [0.25, 0.3) is 0 Å². The molecule has 129 heavy (non-hydrogen) atoms. The van der Waals surface area contributed by atoms with E-state index >= 15 is 0 Å². The van der Waals surface area contributed by atoms with E-state index in [1.165, 1.54) is 0 Å². The molecule has 0 unspecified atom stereocenters. The summed E-state index contributed by atoms with van der Waals surface area (Å²) in [7, 11) is 0. The van der Waals surface area contributed by atoms with Crippen LogP contribution < -0.4 is 0 Å². The van der Waals surface area contributed by atoms with Gasteiger partial charge in [0.15, 0.2) is 0 Å². The molecule has 0 saturated carbocycles. The van der Waals surface area contributed by atoms with Crippen molar-refractivity contribution in [3.05, 3.63) is 0 Å². The third-order valence-corrected chi connectivity index (χ3v) is 0. The summed E-state index contributed by atoms with van der Waals surface area (Å²) in [5.74, 6) is 0. The Kier molecular flexibility index (Phi) is 7660. The topological polar surface area (TPSA) is 0 Å². The predicted molar refractivity (Wildman–Crippen MR) is 0 cm³/mol. The van der Waals surface area contributed by atoms with Crippen LogP contribution in [0.15, 0.2) is 0 Å². The van der Waals surface area contributed by atoms with E-state index in [1.807, 2.05) is 0 Å². The van der Waals surface area contributed by atoms with Gasteiger partial charge in [-0.3, -0.25) is 0 Å². The van der Waals surface area contributed by atoms with Gasteiger partial charge in [-0.2, -0.15) is 0 Å². The van der Waals surface area contributed by atoms with E-state index in [1.54, 1.807) is 0 Å². The molecule has 0 aromatic heterocycles. The zero-order chi connectivity index (χ0) is 0. The van der Waals surface area contributed by atoms with Crippen LogP contribution in [0.2, 0.25) is 0 Å². The quantitative estimate of drug-likeness (QED) is 0.321. The molecule has 129 heteroatoms. The smallest absolute Gasteiger partial charge is 0 e. The van der Waals surface area contributed by atoms with Crippen molar-refractivity contribution in [1.29, 1.82) is 0 Å². The summed E-state index contributed by atoms with van der Waals surface area (Å²) in [5, 5.41) is 0. The van der Waals surface area contributed by atoms with E-state index in [0.717, 1.165) is 0 Å². The number of rotatable bonds is 0. The first-order valence-electron chi connectivity index (χ1n) is 0. The average Bonchev–Trinajstić information content (AvgIpc) is 0. The van der Waals surface area contributed by atoms with E-state index in [0.29, 0.717) is 0 Å². The molecule has 0 saturated heterocycles. The van der Waals surface area contributed by atoms with Gasteiger partial charge in [0.25, 0.3) is 0 Å². The average molecular weight is 30700 g/mol. The molecular formula is U129. The van der Waals surface area contributed by atoms with Crippen molar-refractivity contribution in [2.45, 2.75) is 0 Å². The van der Waals surface area contributed by atoms with Crippen LogP contribution in [0.4, 0.5) is 0 Å². The zero-order valence-electron chi connectivity index (χ0n) is 64.5. The van der Waals surface area contributed by atoms with E-state index in [2.05, 4.69) is 0 Å². The van der Waals surface area contributed by atoms with E-state index < -0.39 is 0 Å². The minimum Gasteiger partial charge on any atom is 0 e. The fourth-order valence-corrected chi connectivity index (χ4v) is 0. The molecule has 0 heterocycles. The molecule has 0 aromatic rings. The van der Waals surface area contributed by atoms with Crippen molar-refractivity contribution in [1.82, 2.24) is 0 Å². The van der Waals surface area contributed by atoms with Crippen LogP contribution in [0.3, 0.4) is 0 Å². The molecule has 0 bridgehead atoms. The summed E-state index contributed by atoms with van der Waals surface area (Å²) >= 11 is 0. The van der Waals surface area contributed by atoms with Crippen molar-refractivity contribution >= 4 is 0 Å². The van der Waals surface area contributed by atoms with Gasteiger partial charge in [-0.1, -0.05) is 0 Å². The molecule has 0 aliphatic heterocycles. The fourth-order valence-electron chi connectivity index (χ4n) is 0. The molecule has 0 N–H and O–H groups in total. The van der Waals surface area contributed by atoms with Crippen molar-refractivity contribution in [2.24, 2.45) is 0 Å². The molecule has 0 spiro atoms. The Labute approximate surface area is 3860 Å². The minimum atomic E-state index is 0. The molecule has 0 atom stereocenters. The Hall–Kier alpha value is 136. The van der Waals surface area contributed by atoms with Crippen LogP contribution in [0.1, 0.15) is 0 Å². The van der Waals surface area contributed by atoms with Crippen molar-refractivity contribution in [2.75, 3.05) is 0 Å². The molecule has 0 aliphatic carbocycles. The Morgan fingerprint density at radius 2 is 0.00775 bits per heavy atom. The largest absolute Gasteiger partial charge is 0 e. The predicted octanol–water partition coefficient (Wildman–Crippen LogP) is 0. The van der Waals surface area contributed by atoms with Gasteiger partial charge in [0, 0.05) is 4010 Å². The SMILES string of the molecule is [U].[U].[U].[U].[U].[U].[U].[U].[U].[U].[U].[U].[U].[U].[U].[U].[U].[U].[U].[U].[U].[U].[U].[U].[U].[U].[U].[U].[U].[U].[U].[U].[U].[U].[U].[U].[U].[U].[U].[U].[U].[U].[U].[U].[U].[U].[U].[U].[U].[U].[U].[U].[U].[U].[U].[U].[U].[U].[U].[U].[U].[U].[U].[U].[U].[U].[U].[U].[U].[U].[U].[U].[U].[U].[U].[U].[U].[U].[U].[U].[U].[U].[U].[U].[U].[U].[U].[U].[U].[U].[U].[U].[U].[U].[U].[U].[U].[U].[U].[U].[U].[U].[U].[U].[U].[U].[U].[U].[U].[U].[U].[U].[U].[U].[U].[U].[U].[U].[U].[U].[U].[U].[U].[U].[U].[U].[U].[U].[U]. The second-order valence-electron chi connectivity index (χ2n) is 0. The Morgan fingerprint density at radius 1 is 0.00775 bits per heavy atom. The van der Waals surface area contributed by atoms with E-state index in [-0.39, 0.29) is 4010 Å². The van der Waals surface area contributed by atoms with E-state index in [9.17, 15) is 0 Å². The first-order chi connectivity index (χ1) is 0. The normalized spacial score (nSPS) is 0. The maximum absolute atomic E-state index is 0. The first kappa shape index (κ1) is 1000. The van der Waals surface area contributed by atoms with Gasteiger partial charge in [-0.15, -0.1) is 0 Å². The second-order valence-corrected chi connectivity index (χ2v) is 0. The first-order valence-corrected chi connectivity index (χ1v) is 0. The number of hydrogen-bond acceptors (Lipinski definition) is 0. The van der Waals surface area contributed by atoms with Crippen molar-refractivity contribution < 1.29 is 4010 Å². The minimum absolute atomic E-state index is 0. The van der Waals surface area contributed by atoms with Gasteiger partial charge < -0.3 is 0 Å². The molecule has 0 amide bonds. The Bertz CT molecular complexity index is 0. The van der Waals surface area contributed by atoms with Crippen LogP contribution >= 0.6 is 0 Å². The summed E-state index contributed by atoms with van der Waals surface area (Å²) in [6.07, 6.45) is 0. The second kappa shape index (κ2) is 988. The summed E-state index contributed by atoms with van der Waals surface area (Å²) in [4.78, 5) is 0. The molecule has 516 valence electrons. The molecule has 0 aliphatic rings. The molecule has 0 rings (SSSR count). The third-order valence-electron chi connectivity index (χ3n) is 0. The van der Waals surface area contributed by atoms with Crippen LogP contribution in [-0.4, -0.2) is 0 Å². The summed E-state index contributed by atoms with van der Waals surface area (Å²) in [6, 6.07) is 0. The van der Waals surface area contributed by atoms with Crippen LogP contribution in [0.5, 0.6) is 0 Å². The van der Waals surface area contributed by atoms with Crippen LogP contribution in [-0.2, 0) is 0 Å². The molecule has 0 fully saturated rings. The van der Waals surface area contributed by atoms with Gasteiger partial charge in [0.05, 0.1) is 0 Å². The standard InChI is InChI=1S/129U. The maximum atomic E-state index is 0. The Morgan fingerprint density at radius 3 is 0.00775 bits per heavy atom. The van der Waals surface area contributed by atoms with Gasteiger partial charge >= 0.3 is 0 Å². The molecule has 0 radical (unpaired) electrons. The summed E-state index contributed by atoms with van der Waals surface area (Å²) in [6.45, 7) is 0. The number of hydrogen-bond donors (Lipinski definition) is 0. The van der Waals surface area contributed by atoms with E-state index in [4.69, 9.17) is 0 Å².